The molecule has 1 aromatic rings. The third-order valence-corrected chi connectivity index (χ3v) is 1.48. The molecule has 0 saturated carbocycles. The summed E-state index contributed by atoms with van der Waals surface area (Å²) in [6.07, 6.45) is 0. The molecule has 0 unspecified atom stereocenters. The quantitative estimate of drug-likeness (QED) is 0.535. The average molecular weight is 184 g/mol. The van der Waals surface area contributed by atoms with Gasteiger partial charge in [0.25, 0.3) is 0 Å². The van der Waals surface area contributed by atoms with E-state index < -0.39 is 11.9 Å². The lowest BCUT2D eigenvalue weighted by molar-refractivity contribution is 0.0592. The van der Waals surface area contributed by atoms with Crippen molar-refractivity contribution in [2.24, 2.45) is 5.73 Å². The lowest BCUT2D eigenvalue weighted by atomic mass is 10.2. The van der Waals surface area contributed by atoms with Crippen molar-refractivity contribution in [1.29, 1.82) is 0 Å². The summed E-state index contributed by atoms with van der Waals surface area (Å²) in [7, 11) is 1.21. The van der Waals surface area contributed by atoms with Crippen molar-refractivity contribution >= 4 is 5.97 Å². The zero-order valence-corrected chi connectivity index (χ0v) is 7.08. The monoisotopic (exact) mass is 184 g/mol. The molecule has 0 bridgehead atoms. The Morgan fingerprint density at radius 1 is 1.69 bits per heavy atom. The molecule has 0 amide bonds. The standard InChI is InChI=1S/C8H9FN2O2/c1-13-8(12)6-2-5(4-10)3-7(9)11-6/h2-3H,4,10H2,1H3. The van der Waals surface area contributed by atoms with Crippen molar-refractivity contribution in [1.82, 2.24) is 4.98 Å². The Morgan fingerprint density at radius 3 is 2.92 bits per heavy atom. The summed E-state index contributed by atoms with van der Waals surface area (Å²) in [5.41, 5.74) is 5.72. The molecule has 0 aliphatic heterocycles. The molecule has 0 aliphatic rings. The van der Waals surface area contributed by atoms with Crippen LogP contribution in [0.4, 0.5) is 4.39 Å². The summed E-state index contributed by atoms with van der Waals surface area (Å²) in [5, 5.41) is 0. The van der Waals surface area contributed by atoms with Gasteiger partial charge in [-0.2, -0.15) is 4.39 Å². The van der Waals surface area contributed by atoms with E-state index in [0.717, 1.165) is 0 Å². The minimum absolute atomic E-state index is 0.0667. The number of esters is 1. The summed E-state index contributed by atoms with van der Waals surface area (Å²) in [6, 6.07) is 2.57. The predicted octanol–water partition coefficient (Wildman–Crippen LogP) is 0.466. The number of ether oxygens (including phenoxy) is 1. The van der Waals surface area contributed by atoms with Gasteiger partial charge in [-0.1, -0.05) is 0 Å². The van der Waals surface area contributed by atoms with Crippen molar-refractivity contribution in [3.05, 3.63) is 29.3 Å². The van der Waals surface area contributed by atoms with Crippen LogP contribution in [-0.4, -0.2) is 18.1 Å². The number of methoxy groups -OCH3 is 1. The van der Waals surface area contributed by atoms with E-state index in [2.05, 4.69) is 9.72 Å². The Balaban J connectivity index is 3.08. The Labute approximate surface area is 74.5 Å². The van der Waals surface area contributed by atoms with Crippen molar-refractivity contribution in [2.75, 3.05) is 7.11 Å². The predicted molar refractivity (Wildman–Crippen MR) is 43.4 cm³/mol. The van der Waals surface area contributed by atoms with Gasteiger partial charge in [-0.15, -0.1) is 0 Å². The minimum Gasteiger partial charge on any atom is -0.464 e. The molecule has 70 valence electrons. The van der Waals surface area contributed by atoms with Crippen LogP contribution < -0.4 is 5.73 Å². The van der Waals surface area contributed by atoms with Gasteiger partial charge in [-0.05, 0) is 17.7 Å². The molecule has 13 heavy (non-hydrogen) atoms. The average Bonchev–Trinajstić information content (AvgIpc) is 2.15. The fourth-order valence-electron chi connectivity index (χ4n) is 0.877. The third kappa shape index (κ3) is 2.22. The van der Waals surface area contributed by atoms with Crippen molar-refractivity contribution in [2.45, 2.75) is 6.54 Å². The van der Waals surface area contributed by atoms with Crippen LogP contribution in [0.2, 0.25) is 0 Å². The van der Waals surface area contributed by atoms with Gasteiger partial charge in [0.15, 0.2) is 5.69 Å². The van der Waals surface area contributed by atoms with Gasteiger partial charge in [-0.25, -0.2) is 9.78 Å². The van der Waals surface area contributed by atoms with Gasteiger partial charge in [0.2, 0.25) is 5.95 Å². The van der Waals surface area contributed by atoms with E-state index in [1.54, 1.807) is 0 Å². The number of aromatic nitrogens is 1. The van der Waals surface area contributed by atoms with Gasteiger partial charge >= 0.3 is 5.97 Å². The second kappa shape index (κ2) is 3.95. The van der Waals surface area contributed by atoms with Gasteiger partial charge < -0.3 is 10.5 Å². The Kier molecular flexibility index (Phi) is 2.92. The fourth-order valence-corrected chi connectivity index (χ4v) is 0.877. The van der Waals surface area contributed by atoms with Gasteiger partial charge in [-0.3, -0.25) is 0 Å². The van der Waals surface area contributed by atoms with Crippen LogP contribution in [0.25, 0.3) is 0 Å². The summed E-state index contributed by atoms with van der Waals surface area (Å²) < 4.78 is 17.1. The molecule has 5 heteroatoms. The minimum atomic E-state index is -0.733. The van der Waals surface area contributed by atoms with Crippen LogP contribution in [0.3, 0.4) is 0 Å². The Bertz CT molecular complexity index is 328. The van der Waals surface area contributed by atoms with Crippen LogP contribution in [0.5, 0.6) is 0 Å². The van der Waals surface area contributed by atoms with Crippen LogP contribution in [-0.2, 0) is 11.3 Å². The van der Waals surface area contributed by atoms with Crippen LogP contribution in [0, 0.1) is 5.95 Å². The molecule has 0 saturated heterocycles. The smallest absolute Gasteiger partial charge is 0.356 e. The maximum absolute atomic E-state index is 12.7. The molecular weight excluding hydrogens is 175 g/mol. The molecule has 2 N–H and O–H groups in total. The molecule has 0 atom stereocenters. The van der Waals surface area contributed by atoms with Crippen LogP contribution >= 0.6 is 0 Å². The van der Waals surface area contributed by atoms with Crippen LogP contribution in [0.1, 0.15) is 16.1 Å². The highest BCUT2D eigenvalue weighted by Gasteiger charge is 2.09. The van der Waals surface area contributed by atoms with E-state index in [9.17, 15) is 9.18 Å². The molecule has 0 aromatic carbocycles. The number of hydrogen-bond donors (Lipinski definition) is 1. The normalized spacial score (nSPS) is 9.77. The van der Waals surface area contributed by atoms with Crippen LogP contribution in [0.15, 0.2) is 12.1 Å². The summed E-state index contributed by atoms with van der Waals surface area (Å²) >= 11 is 0. The first kappa shape index (κ1) is 9.60. The molecule has 4 nitrogen and oxygen atoms in total. The van der Waals surface area contributed by atoms with E-state index in [1.807, 2.05) is 0 Å². The highest BCUT2D eigenvalue weighted by atomic mass is 19.1. The number of nitrogens with two attached hydrogens (primary N) is 1. The molecule has 0 aliphatic carbocycles. The molecule has 1 rings (SSSR count). The molecule has 1 aromatic heterocycles. The first-order valence-corrected chi connectivity index (χ1v) is 3.62. The zero-order valence-electron chi connectivity index (χ0n) is 7.08. The van der Waals surface area contributed by atoms with Gasteiger partial charge in [0.1, 0.15) is 0 Å². The molecule has 0 radical (unpaired) electrons. The number of halogens is 1. The largest absolute Gasteiger partial charge is 0.464 e. The fraction of sp³-hybridized carbons (Fsp3) is 0.250. The summed E-state index contributed by atoms with van der Waals surface area (Å²) in [4.78, 5) is 14.3. The molecule has 1 heterocycles. The molecule has 0 spiro atoms. The molecular formula is C8H9FN2O2. The number of rotatable bonds is 2. The maximum Gasteiger partial charge on any atom is 0.356 e. The number of nitrogens with zero attached hydrogens (tertiary/aromatic N) is 1. The summed E-state index contributed by atoms with van der Waals surface area (Å²) in [5.74, 6) is -1.41. The second-order valence-electron chi connectivity index (χ2n) is 2.38. The highest BCUT2D eigenvalue weighted by Crippen LogP contribution is 2.05. The van der Waals surface area contributed by atoms with E-state index in [0.29, 0.717) is 5.56 Å². The van der Waals surface area contributed by atoms with E-state index >= 15 is 0 Å². The lowest BCUT2D eigenvalue weighted by Crippen LogP contribution is -2.08. The third-order valence-electron chi connectivity index (χ3n) is 1.48. The van der Waals surface area contributed by atoms with Gasteiger partial charge in [0, 0.05) is 6.54 Å². The van der Waals surface area contributed by atoms with Crippen molar-refractivity contribution in [3.8, 4) is 0 Å². The summed E-state index contributed by atoms with van der Waals surface area (Å²) in [6.45, 7) is 0.156. The number of carbonyl (C=O) groups excluding carboxylic acids is 1. The second-order valence-corrected chi connectivity index (χ2v) is 2.38. The number of hydrogen-bond acceptors (Lipinski definition) is 4. The first-order valence-electron chi connectivity index (χ1n) is 3.62. The number of carbonyl (C=O) groups is 1. The topological polar surface area (TPSA) is 65.2 Å². The van der Waals surface area contributed by atoms with Crippen molar-refractivity contribution < 1.29 is 13.9 Å². The lowest BCUT2D eigenvalue weighted by Gasteiger charge is -2.01. The van der Waals surface area contributed by atoms with E-state index in [4.69, 9.17) is 5.73 Å². The SMILES string of the molecule is COC(=O)c1cc(CN)cc(F)n1. The zero-order chi connectivity index (χ0) is 9.84. The first-order chi connectivity index (χ1) is 6.17. The Morgan fingerprint density at radius 2 is 2.38 bits per heavy atom. The number of pyridine rings is 1. The van der Waals surface area contributed by atoms with Crippen molar-refractivity contribution in [3.63, 3.8) is 0 Å². The Hall–Kier alpha value is -1.49. The highest BCUT2D eigenvalue weighted by molar-refractivity contribution is 5.87. The van der Waals surface area contributed by atoms with Gasteiger partial charge in [0.05, 0.1) is 7.11 Å². The maximum atomic E-state index is 12.7. The molecule has 0 fully saturated rings. The van der Waals surface area contributed by atoms with E-state index in [1.165, 1.54) is 19.2 Å². The van der Waals surface area contributed by atoms with E-state index in [-0.39, 0.29) is 12.2 Å².